The quantitative estimate of drug-likeness (QED) is 0.282. The number of hydrogen-bond donors (Lipinski definition) is 1. The molecule has 0 unspecified atom stereocenters. The zero-order chi connectivity index (χ0) is 27.8. The molecule has 0 bridgehead atoms. The molecule has 0 spiro atoms. The molecule has 1 fully saturated rings. The second-order valence-corrected chi connectivity index (χ2v) is 8.56. The lowest BCUT2D eigenvalue weighted by Gasteiger charge is -2.36. The molecule has 7 nitrogen and oxygen atoms in total. The van der Waals surface area contributed by atoms with Crippen LogP contribution in [-0.4, -0.2) is 55.1 Å². The molecule has 1 aliphatic heterocycles. The Balaban J connectivity index is 1.24. The summed E-state index contributed by atoms with van der Waals surface area (Å²) >= 11 is 0. The number of H-pyrrole nitrogens is 1. The lowest BCUT2D eigenvalue weighted by atomic mass is 10.1. The van der Waals surface area contributed by atoms with E-state index in [2.05, 4.69) is 11.1 Å². The summed E-state index contributed by atoms with van der Waals surface area (Å²) in [5.74, 6) is -0.524. The maximum absolute atomic E-state index is 12.0. The van der Waals surface area contributed by atoms with Crippen molar-refractivity contribution in [2.45, 2.75) is 26.2 Å². The number of fused-ring (bicyclic) bond motifs is 2. The Bertz CT molecular complexity index is 1540. The van der Waals surface area contributed by atoms with Crippen molar-refractivity contribution >= 4 is 33.5 Å². The normalized spacial score (nSPS) is 19.0. The van der Waals surface area contributed by atoms with Crippen LogP contribution in [-0.2, 0) is 11.2 Å². The van der Waals surface area contributed by atoms with Crippen molar-refractivity contribution in [3.05, 3.63) is 65.5 Å². The number of carbonyl (C=O) groups is 1. The standard InChI is InChI=1S/C28H30N4O3/c1-2-34-28(33)27-17-22-16-23(7-9-26(22)35-27)32-13-11-31(12-14-32)10-4-3-5-21-19-30-25-8-6-20(18-29)15-24(21)25/h6-9,15-17,19,30H,2-5,10-14H2,1H3/i13D2,14D2. The summed E-state index contributed by atoms with van der Waals surface area (Å²) in [6.45, 7) is -1.31. The number of nitrogens with zero attached hydrogens (tertiary/aromatic N) is 3. The van der Waals surface area contributed by atoms with Crippen molar-refractivity contribution in [3.8, 4) is 6.07 Å². The molecule has 3 heterocycles. The number of hydrogen-bond acceptors (Lipinski definition) is 6. The van der Waals surface area contributed by atoms with Crippen LogP contribution in [0.4, 0.5) is 5.69 Å². The number of carbonyl (C=O) groups excluding carboxylic acids is 1. The number of piperazine rings is 1. The maximum atomic E-state index is 12.0. The highest BCUT2D eigenvalue weighted by Crippen LogP contribution is 2.27. The van der Waals surface area contributed by atoms with Gasteiger partial charge in [-0.3, -0.25) is 4.90 Å². The lowest BCUT2D eigenvalue weighted by Crippen LogP contribution is -2.46. The lowest BCUT2D eigenvalue weighted by molar-refractivity contribution is 0.0492. The highest BCUT2D eigenvalue weighted by molar-refractivity contribution is 5.93. The van der Waals surface area contributed by atoms with Gasteiger partial charge in [-0.1, -0.05) is 0 Å². The van der Waals surface area contributed by atoms with E-state index in [9.17, 15) is 10.1 Å². The number of aryl methyl sites for hydroxylation is 1. The van der Waals surface area contributed by atoms with E-state index in [-0.39, 0.29) is 25.5 Å². The third-order valence-corrected chi connectivity index (χ3v) is 6.21. The van der Waals surface area contributed by atoms with Gasteiger partial charge in [0.15, 0.2) is 0 Å². The first kappa shape index (κ1) is 18.6. The smallest absolute Gasteiger partial charge is 0.374 e. The molecule has 0 radical (unpaired) electrons. The second-order valence-electron chi connectivity index (χ2n) is 8.56. The van der Waals surface area contributed by atoms with Gasteiger partial charge in [-0.2, -0.15) is 5.26 Å². The summed E-state index contributed by atoms with van der Waals surface area (Å²) < 4.78 is 45.5. The summed E-state index contributed by atoms with van der Waals surface area (Å²) in [6, 6.07) is 14.2. The van der Waals surface area contributed by atoms with E-state index in [1.54, 1.807) is 31.2 Å². The van der Waals surface area contributed by atoms with Crippen molar-refractivity contribution < 1.29 is 19.4 Å². The number of ether oxygens (including phenoxy) is 1. The molecule has 0 atom stereocenters. The maximum Gasteiger partial charge on any atom is 0.374 e. The van der Waals surface area contributed by atoms with Gasteiger partial charge in [-0.25, -0.2) is 4.79 Å². The van der Waals surface area contributed by atoms with E-state index < -0.39 is 19.0 Å². The van der Waals surface area contributed by atoms with Crippen LogP contribution in [0.3, 0.4) is 0 Å². The van der Waals surface area contributed by atoms with Gasteiger partial charge in [-0.15, -0.1) is 0 Å². The molecular formula is C28H30N4O3. The molecule has 4 aromatic rings. The van der Waals surface area contributed by atoms with Crippen LogP contribution in [0, 0.1) is 11.3 Å². The Hall–Kier alpha value is -3.76. The summed E-state index contributed by atoms with van der Waals surface area (Å²) in [4.78, 5) is 18.3. The minimum absolute atomic E-state index is 0.0537. The molecule has 180 valence electrons. The molecule has 0 saturated carbocycles. The van der Waals surface area contributed by atoms with Crippen LogP contribution in [0.5, 0.6) is 0 Å². The molecule has 1 N–H and O–H groups in total. The van der Waals surface area contributed by atoms with Gasteiger partial charge in [-0.05, 0) is 80.8 Å². The Morgan fingerprint density at radius 1 is 1.20 bits per heavy atom. The van der Waals surface area contributed by atoms with Crippen LogP contribution in [0.1, 0.15) is 46.9 Å². The Morgan fingerprint density at radius 3 is 2.86 bits per heavy atom. The van der Waals surface area contributed by atoms with Gasteiger partial charge in [0.05, 0.1) is 23.7 Å². The number of aromatic amines is 1. The van der Waals surface area contributed by atoms with Crippen LogP contribution < -0.4 is 4.90 Å². The van der Waals surface area contributed by atoms with E-state index in [1.165, 1.54) is 11.0 Å². The van der Waals surface area contributed by atoms with Crippen molar-refractivity contribution in [2.24, 2.45) is 0 Å². The number of nitrogens with one attached hydrogen (secondary N) is 1. The number of esters is 1. The average molecular weight is 475 g/mol. The van der Waals surface area contributed by atoms with Gasteiger partial charge >= 0.3 is 5.97 Å². The van der Waals surface area contributed by atoms with Gasteiger partial charge in [0.25, 0.3) is 0 Å². The minimum Gasteiger partial charge on any atom is -0.460 e. The first-order valence-corrected chi connectivity index (χ1v) is 11.8. The van der Waals surface area contributed by atoms with Crippen molar-refractivity contribution in [1.29, 1.82) is 5.26 Å². The number of furan rings is 1. The molecule has 0 amide bonds. The number of unbranched alkanes of at least 4 members (excludes halogenated alkanes) is 1. The Morgan fingerprint density at radius 2 is 2.06 bits per heavy atom. The SMILES string of the molecule is [2H]C1([2H])CN(CCCCc2c[nH]c3ccc(C#N)cc23)CC([2H])([2H])N1c1ccc2oc(C(=O)OCC)cc2c1. The van der Waals surface area contributed by atoms with Gasteiger partial charge < -0.3 is 19.0 Å². The predicted octanol–water partition coefficient (Wildman–Crippen LogP) is 5.11. The Labute approximate surface area is 210 Å². The first-order chi connectivity index (χ1) is 18.6. The molecule has 2 aromatic carbocycles. The fourth-order valence-corrected chi connectivity index (χ4v) is 4.37. The molecular weight excluding hydrogens is 440 g/mol. The molecule has 2 aromatic heterocycles. The number of benzene rings is 2. The third kappa shape index (κ3) is 5.03. The number of nitriles is 1. The molecule has 5 rings (SSSR count). The zero-order valence-electron chi connectivity index (χ0n) is 23.6. The molecule has 0 aliphatic carbocycles. The number of anilines is 1. The van der Waals surface area contributed by atoms with Gasteiger partial charge in [0.2, 0.25) is 5.76 Å². The minimum atomic E-state index is -1.96. The van der Waals surface area contributed by atoms with Gasteiger partial charge in [0.1, 0.15) is 5.58 Å². The largest absolute Gasteiger partial charge is 0.460 e. The topological polar surface area (TPSA) is 85.5 Å². The number of rotatable bonds is 8. The van der Waals surface area contributed by atoms with E-state index in [1.807, 2.05) is 23.2 Å². The van der Waals surface area contributed by atoms with E-state index in [0.29, 0.717) is 28.8 Å². The second kappa shape index (κ2) is 10.2. The van der Waals surface area contributed by atoms with E-state index in [4.69, 9.17) is 14.6 Å². The average Bonchev–Trinajstić information content (AvgIpc) is 3.49. The Kier molecular flexibility index (Phi) is 5.43. The molecule has 1 saturated heterocycles. The summed E-state index contributed by atoms with van der Waals surface area (Å²) in [7, 11) is 0. The summed E-state index contributed by atoms with van der Waals surface area (Å²) in [5, 5.41) is 10.8. The van der Waals surface area contributed by atoms with Crippen LogP contribution in [0.25, 0.3) is 21.9 Å². The van der Waals surface area contributed by atoms with E-state index in [0.717, 1.165) is 35.7 Å². The third-order valence-electron chi connectivity index (χ3n) is 6.21. The predicted molar refractivity (Wildman–Crippen MR) is 137 cm³/mol. The van der Waals surface area contributed by atoms with Crippen LogP contribution in [0.2, 0.25) is 0 Å². The number of aromatic nitrogens is 1. The van der Waals surface area contributed by atoms with Crippen LogP contribution in [0.15, 0.2) is 53.1 Å². The summed E-state index contributed by atoms with van der Waals surface area (Å²) in [6.07, 6.45) is 4.42. The van der Waals surface area contributed by atoms with Crippen molar-refractivity contribution in [3.63, 3.8) is 0 Å². The zero-order valence-corrected chi connectivity index (χ0v) is 19.6. The highest BCUT2D eigenvalue weighted by Gasteiger charge is 2.19. The molecule has 7 heteroatoms. The van der Waals surface area contributed by atoms with Crippen molar-refractivity contribution in [2.75, 3.05) is 44.1 Å². The van der Waals surface area contributed by atoms with E-state index >= 15 is 0 Å². The molecule has 35 heavy (non-hydrogen) atoms. The van der Waals surface area contributed by atoms with Crippen LogP contribution >= 0.6 is 0 Å². The van der Waals surface area contributed by atoms with Gasteiger partial charge in [0, 0.05) is 54.3 Å². The monoisotopic (exact) mass is 474 g/mol. The molecule has 1 aliphatic rings. The van der Waals surface area contributed by atoms with Crippen molar-refractivity contribution in [1.82, 2.24) is 9.88 Å². The summed E-state index contributed by atoms with van der Waals surface area (Å²) in [5.41, 5.74) is 3.58. The highest BCUT2D eigenvalue weighted by atomic mass is 16.5. The fourth-order valence-electron chi connectivity index (χ4n) is 4.37. The fraction of sp³-hybridized carbons (Fsp3) is 0.357. The first-order valence-electron chi connectivity index (χ1n) is 13.8.